The van der Waals surface area contributed by atoms with Crippen molar-refractivity contribution >= 4 is 40.9 Å². The molecule has 0 aromatic rings. The zero-order chi connectivity index (χ0) is 7.11. The maximum absolute atomic E-state index is 10.1. The Hall–Kier alpha value is -0.930. The smallest absolute Gasteiger partial charge is 0.286 e. The van der Waals surface area contributed by atoms with Gasteiger partial charge in [0, 0.05) is 0 Å². The number of rotatable bonds is 1. The number of carbonyl (C=O) groups excluding carboxylic acids is 1. The van der Waals surface area contributed by atoms with Gasteiger partial charge in [0.25, 0.3) is 0 Å². The molecule has 0 N–H and O–H groups in total. The summed E-state index contributed by atoms with van der Waals surface area (Å²) in [7, 11) is 0. The summed E-state index contributed by atoms with van der Waals surface area (Å²) in [6, 6.07) is 0. The predicted molar refractivity (Wildman–Crippen MR) is 36.5 cm³/mol. The van der Waals surface area contributed by atoms with Gasteiger partial charge in [-0.3, -0.25) is 4.84 Å². The van der Waals surface area contributed by atoms with Gasteiger partial charge in [-0.25, -0.2) is 4.79 Å². The van der Waals surface area contributed by atoms with E-state index in [1.54, 1.807) is 10.3 Å². The fourth-order valence-corrected chi connectivity index (χ4v) is 0.227. The van der Waals surface area contributed by atoms with Crippen molar-refractivity contribution in [2.75, 3.05) is 0 Å². The van der Waals surface area contributed by atoms with Gasteiger partial charge >= 0.3 is 6.09 Å². The van der Waals surface area contributed by atoms with E-state index < -0.39 is 6.09 Å². The molecule has 0 atom stereocenters. The topological polar surface area (TPSA) is 51.0 Å². The summed E-state index contributed by atoms with van der Waals surface area (Å²) in [5.74, 6) is 0. The van der Waals surface area contributed by atoms with Crippen LogP contribution in [0.1, 0.15) is 0 Å². The molecule has 46 valence electrons. The molecule has 0 saturated heterocycles. The van der Waals surface area contributed by atoms with Crippen molar-refractivity contribution in [1.82, 2.24) is 0 Å². The van der Waals surface area contributed by atoms with E-state index in [4.69, 9.17) is 0 Å². The van der Waals surface area contributed by atoms with E-state index in [0.717, 1.165) is 0 Å². The summed E-state index contributed by atoms with van der Waals surface area (Å²) in [4.78, 5) is 16.9. The minimum atomic E-state index is -0.956. The van der Waals surface area contributed by atoms with Gasteiger partial charge in [-0.2, -0.15) is 0 Å². The third kappa shape index (κ3) is 4.93. The van der Waals surface area contributed by atoms with Crippen molar-refractivity contribution in [1.29, 1.82) is 0 Å². The van der Waals surface area contributed by atoms with Crippen LogP contribution < -0.4 is 0 Å². The van der Waals surface area contributed by atoms with Crippen LogP contribution >= 0.6 is 24.4 Å². The molecule has 9 heavy (non-hydrogen) atoms. The second-order valence-corrected chi connectivity index (χ2v) is 1.11. The van der Waals surface area contributed by atoms with Gasteiger partial charge < -0.3 is 0 Å². The average molecular weight is 160 g/mol. The lowest BCUT2D eigenvalue weighted by Gasteiger charge is -1.79. The normalized spacial score (nSPS) is 6.22. The molecule has 0 rings (SSSR count). The number of carbonyl (C=O) groups is 1. The van der Waals surface area contributed by atoms with E-state index in [-0.39, 0.29) is 0 Å². The standard InChI is InChI=1S/C3N2O2S2/c6-3(4-1-8)7-5-2-9. The van der Waals surface area contributed by atoms with Crippen molar-refractivity contribution in [3.63, 3.8) is 0 Å². The molecule has 0 fully saturated rings. The van der Waals surface area contributed by atoms with Crippen molar-refractivity contribution in [2.45, 2.75) is 0 Å². The highest BCUT2D eigenvalue weighted by atomic mass is 32.1. The molecule has 0 aliphatic heterocycles. The molecule has 1 amide bonds. The van der Waals surface area contributed by atoms with Gasteiger partial charge in [-0.15, -0.1) is 4.99 Å². The molecule has 0 aliphatic rings. The summed E-state index contributed by atoms with van der Waals surface area (Å²) < 4.78 is 0. The fourth-order valence-electron chi connectivity index (χ4n) is 0.115. The van der Waals surface area contributed by atoms with Crippen molar-refractivity contribution < 1.29 is 9.63 Å². The number of thiocarbonyl (C=S) groups is 2. The van der Waals surface area contributed by atoms with Gasteiger partial charge in [0.05, 0.1) is 5.16 Å². The molecule has 0 unspecified atom stereocenters. The molecule has 0 radical (unpaired) electrons. The molecule has 0 spiro atoms. The van der Waals surface area contributed by atoms with Crippen LogP contribution in [0.2, 0.25) is 0 Å². The SMILES string of the molecule is O=C(N=C=S)ON=C=S. The van der Waals surface area contributed by atoms with E-state index in [1.807, 2.05) is 0 Å². The number of hydrogen-bond donors (Lipinski definition) is 0. The lowest BCUT2D eigenvalue weighted by molar-refractivity contribution is 0.163. The van der Waals surface area contributed by atoms with Crippen LogP contribution in [0.15, 0.2) is 10.1 Å². The van der Waals surface area contributed by atoms with Crippen molar-refractivity contribution in [3.8, 4) is 0 Å². The van der Waals surface area contributed by atoms with Crippen LogP contribution in [-0.4, -0.2) is 16.4 Å². The van der Waals surface area contributed by atoms with Crippen molar-refractivity contribution in [2.24, 2.45) is 10.1 Å². The zero-order valence-corrected chi connectivity index (χ0v) is 5.66. The van der Waals surface area contributed by atoms with E-state index in [2.05, 4.69) is 39.4 Å². The van der Waals surface area contributed by atoms with Gasteiger partial charge in [0.1, 0.15) is 5.16 Å². The lowest BCUT2D eigenvalue weighted by atomic mass is 11.2. The van der Waals surface area contributed by atoms with Gasteiger partial charge in [0.2, 0.25) is 0 Å². The predicted octanol–water partition coefficient (Wildman–Crippen LogP) is 1.24. The first-order valence-corrected chi connectivity index (χ1v) is 2.49. The molecule has 0 aromatic heterocycles. The molecule has 0 aliphatic carbocycles. The van der Waals surface area contributed by atoms with Gasteiger partial charge in [-0.1, -0.05) is 0 Å². The largest absolute Gasteiger partial charge is 0.469 e. The highest BCUT2D eigenvalue weighted by Crippen LogP contribution is 1.79. The van der Waals surface area contributed by atoms with E-state index in [9.17, 15) is 4.79 Å². The summed E-state index contributed by atoms with van der Waals surface area (Å²) in [6.45, 7) is 0. The van der Waals surface area contributed by atoms with Crippen LogP contribution in [0, 0.1) is 0 Å². The minimum absolute atomic E-state index is 0.956. The Balaban J connectivity index is 3.77. The maximum atomic E-state index is 10.1. The molecule has 0 bridgehead atoms. The molecular weight excluding hydrogens is 160 g/mol. The Morgan fingerprint density at radius 2 is 2.11 bits per heavy atom. The van der Waals surface area contributed by atoms with E-state index >= 15 is 0 Å². The zero-order valence-electron chi connectivity index (χ0n) is 4.03. The second-order valence-electron chi connectivity index (χ2n) is 0.743. The van der Waals surface area contributed by atoms with Crippen LogP contribution in [0.4, 0.5) is 4.79 Å². The summed E-state index contributed by atoms with van der Waals surface area (Å²) in [5, 5.41) is 6.41. The molecule has 0 aromatic carbocycles. The van der Waals surface area contributed by atoms with E-state index in [0.29, 0.717) is 0 Å². The summed E-state index contributed by atoms with van der Waals surface area (Å²) in [5.41, 5.74) is 0. The number of isothiocyanates is 2. The Kier molecular flexibility index (Phi) is 4.67. The van der Waals surface area contributed by atoms with Crippen LogP contribution in [-0.2, 0) is 4.84 Å². The fraction of sp³-hybridized carbons (Fsp3) is 0. The Morgan fingerprint density at radius 1 is 1.44 bits per heavy atom. The average Bonchev–Trinajstić information content (AvgIpc) is 1.85. The number of hydrogen-bond acceptors (Lipinski definition) is 5. The molecule has 4 nitrogen and oxygen atoms in total. The monoisotopic (exact) mass is 160 g/mol. The Bertz CT molecular complexity index is 202. The molecule has 0 heterocycles. The second kappa shape index (κ2) is 5.21. The Morgan fingerprint density at radius 3 is 2.56 bits per heavy atom. The highest BCUT2D eigenvalue weighted by Gasteiger charge is 1.92. The number of aliphatic imine (C=N–C) groups is 1. The van der Waals surface area contributed by atoms with Gasteiger partial charge in [0.15, 0.2) is 0 Å². The quantitative estimate of drug-likeness (QED) is 0.250. The Labute approximate surface area is 61.2 Å². The van der Waals surface area contributed by atoms with Crippen LogP contribution in [0.25, 0.3) is 0 Å². The van der Waals surface area contributed by atoms with Gasteiger partial charge in [-0.05, 0) is 29.6 Å². The molecule has 0 saturated carbocycles. The summed E-state index contributed by atoms with van der Waals surface area (Å²) >= 11 is 8.15. The minimum Gasteiger partial charge on any atom is -0.286 e. The molecular formula is C3N2O2S2. The molecule has 6 heteroatoms. The number of amides is 1. The first kappa shape index (κ1) is 8.07. The van der Waals surface area contributed by atoms with Crippen molar-refractivity contribution in [3.05, 3.63) is 0 Å². The lowest BCUT2D eigenvalue weighted by Crippen LogP contribution is -1.88. The van der Waals surface area contributed by atoms with Crippen LogP contribution in [0.3, 0.4) is 0 Å². The summed E-state index contributed by atoms with van der Waals surface area (Å²) in [6.07, 6.45) is -0.956. The highest BCUT2D eigenvalue weighted by molar-refractivity contribution is 7.78. The number of nitrogens with zero attached hydrogens (tertiary/aromatic N) is 2. The first-order chi connectivity index (χ1) is 4.31. The third-order valence-electron chi connectivity index (χ3n) is 0.298. The third-order valence-corrected chi connectivity index (χ3v) is 0.464. The van der Waals surface area contributed by atoms with E-state index in [1.165, 1.54) is 0 Å². The first-order valence-electron chi connectivity index (χ1n) is 1.67. The van der Waals surface area contributed by atoms with Crippen LogP contribution in [0.5, 0.6) is 0 Å². The maximum Gasteiger partial charge on any atom is 0.469 e.